The molecule has 1 heterocycles. The Morgan fingerprint density at radius 3 is 2.62 bits per heavy atom. The van der Waals surface area contributed by atoms with Crippen molar-refractivity contribution in [3.63, 3.8) is 0 Å². The van der Waals surface area contributed by atoms with Crippen LogP contribution in [0, 0.1) is 0 Å². The first-order valence-electron chi connectivity index (χ1n) is 8.21. The van der Waals surface area contributed by atoms with Crippen LogP contribution < -0.4 is 10.1 Å². The van der Waals surface area contributed by atoms with Gasteiger partial charge in [-0.2, -0.15) is 0 Å². The molecule has 1 amide bonds. The Bertz CT molecular complexity index is 872. The van der Waals surface area contributed by atoms with Crippen LogP contribution in [0.4, 0.5) is 0 Å². The number of aryl methyl sites for hydroxylation is 1. The van der Waals surface area contributed by atoms with Crippen molar-refractivity contribution in [2.24, 2.45) is 0 Å². The van der Waals surface area contributed by atoms with Crippen LogP contribution in [0.2, 0.25) is 0 Å². The summed E-state index contributed by atoms with van der Waals surface area (Å²) in [5.74, 6) is -0.572. The predicted octanol–water partition coefficient (Wildman–Crippen LogP) is 3.61. The highest BCUT2D eigenvalue weighted by atomic mass is 32.1. The molecule has 0 fully saturated rings. The summed E-state index contributed by atoms with van der Waals surface area (Å²) in [4.78, 5) is 26.3. The lowest BCUT2D eigenvalue weighted by Gasteiger charge is -2.05. The number of thiazole rings is 1. The van der Waals surface area contributed by atoms with E-state index in [-0.39, 0.29) is 12.5 Å². The zero-order valence-electron chi connectivity index (χ0n) is 14.0. The molecule has 3 aromatic rings. The maximum Gasteiger partial charge on any atom is 0.322 e. The SMILES string of the molecule is O=C(O)CNC(=O)CCCc1ccc(Oc2nc3ccccc3s2)cc1. The Balaban J connectivity index is 1.49. The summed E-state index contributed by atoms with van der Waals surface area (Å²) in [6, 6.07) is 15.6. The smallest absolute Gasteiger partial charge is 0.322 e. The van der Waals surface area contributed by atoms with E-state index in [1.807, 2.05) is 48.5 Å². The number of amides is 1. The lowest BCUT2D eigenvalue weighted by Crippen LogP contribution is -2.28. The Morgan fingerprint density at radius 2 is 1.88 bits per heavy atom. The van der Waals surface area contributed by atoms with Crippen LogP contribution in [0.15, 0.2) is 48.5 Å². The second-order valence-electron chi connectivity index (χ2n) is 5.72. The van der Waals surface area contributed by atoms with Crippen LogP contribution in [0.5, 0.6) is 10.9 Å². The fourth-order valence-corrected chi connectivity index (χ4v) is 3.27. The van der Waals surface area contributed by atoms with Gasteiger partial charge in [0, 0.05) is 6.42 Å². The van der Waals surface area contributed by atoms with E-state index in [2.05, 4.69) is 10.3 Å². The second-order valence-corrected chi connectivity index (χ2v) is 6.71. The van der Waals surface area contributed by atoms with Crippen molar-refractivity contribution in [1.82, 2.24) is 10.3 Å². The van der Waals surface area contributed by atoms with Crippen LogP contribution >= 0.6 is 11.3 Å². The lowest BCUT2D eigenvalue weighted by atomic mass is 10.1. The number of carbonyl (C=O) groups is 2. The second kappa shape index (κ2) is 8.44. The Hall–Kier alpha value is -2.93. The van der Waals surface area contributed by atoms with E-state index in [0.717, 1.165) is 22.2 Å². The van der Waals surface area contributed by atoms with Gasteiger partial charge in [-0.1, -0.05) is 35.6 Å². The standard InChI is InChI=1S/C19H18N2O4S/c22-17(20-12-18(23)24)7-3-4-13-8-10-14(11-9-13)25-19-21-15-5-1-2-6-16(15)26-19/h1-2,5-6,8-11H,3-4,7,12H2,(H,20,22)(H,23,24). The zero-order chi connectivity index (χ0) is 18.4. The van der Waals surface area contributed by atoms with Crippen LogP contribution in [-0.4, -0.2) is 28.5 Å². The monoisotopic (exact) mass is 370 g/mol. The summed E-state index contributed by atoms with van der Waals surface area (Å²) >= 11 is 1.50. The number of para-hydroxylation sites is 1. The van der Waals surface area contributed by atoms with E-state index < -0.39 is 5.97 Å². The highest BCUT2D eigenvalue weighted by Gasteiger charge is 2.06. The zero-order valence-corrected chi connectivity index (χ0v) is 14.8. The summed E-state index contributed by atoms with van der Waals surface area (Å²) in [6.07, 6.45) is 1.70. The number of carbonyl (C=O) groups excluding carboxylic acids is 1. The summed E-state index contributed by atoms with van der Waals surface area (Å²) in [5.41, 5.74) is 2.01. The molecule has 0 aliphatic carbocycles. The quantitative estimate of drug-likeness (QED) is 0.632. The van der Waals surface area contributed by atoms with E-state index in [1.54, 1.807) is 0 Å². The van der Waals surface area contributed by atoms with Crippen LogP contribution in [0.25, 0.3) is 10.2 Å². The number of benzene rings is 2. The molecule has 0 radical (unpaired) electrons. The molecule has 2 N–H and O–H groups in total. The Morgan fingerprint density at radius 1 is 1.12 bits per heavy atom. The summed E-state index contributed by atoms with van der Waals surface area (Å²) in [5, 5.41) is 11.5. The van der Waals surface area contributed by atoms with Crippen LogP contribution in [0.3, 0.4) is 0 Å². The fourth-order valence-electron chi connectivity index (χ4n) is 2.44. The summed E-state index contributed by atoms with van der Waals surface area (Å²) in [6.45, 7) is -0.337. The first kappa shape index (κ1) is 17.9. The number of carboxylic acids is 1. The number of fused-ring (bicyclic) bond motifs is 1. The van der Waals surface area contributed by atoms with Crippen molar-refractivity contribution in [3.8, 4) is 10.9 Å². The normalized spacial score (nSPS) is 10.6. The molecule has 0 aliphatic heterocycles. The number of rotatable bonds is 8. The van der Waals surface area contributed by atoms with Gasteiger partial charge in [0.05, 0.1) is 10.2 Å². The number of carboxylic acid groups (broad SMARTS) is 1. The number of aromatic nitrogens is 1. The molecule has 2 aromatic carbocycles. The maximum atomic E-state index is 11.5. The number of aliphatic carboxylic acids is 1. The minimum Gasteiger partial charge on any atom is -0.480 e. The van der Waals surface area contributed by atoms with Crippen LogP contribution in [0.1, 0.15) is 18.4 Å². The summed E-state index contributed by atoms with van der Waals surface area (Å²) in [7, 11) is 0. The van der Waals surface area contributed by atoms with E-state index >= 15 is 0 Å². The van der Waals surface area contributed by atoms with E-state index in [9.17, 15) is 9.59 Å². The molecule has 6 nitrogen and oxygen atoms in total. The number of nitrogens with zero attached hydrogens (tertiary/aromatic N) is 1. The maximum absolute atomic E-state index is 11.5. The number of hydrogen-bond donors (Lipinski definition) is 2. The van der Waals surface area contributed by atoms with Crippen molar-refractivity contribution in [2.45, 2.75) is 19.3 Å². The molecule has 0 saturated heterocycles. The fraction of sp³-hybridized carbons (Fsp3) is 0.211. The highest BCUT2D eigenvalue weighted by molar-refractivity contribution is 7.20. The molecule has 7 heteroatoms. The molecule has 1 aromatic heterocycles. The Kier molecular flexibility index (Phi) is 5.80. The van der Waals surface area contributed by atoms with Crippen molar-refractivity contribution in [2.75, 3.05) is 6.54 Å². The van der Waals surface area contributed by atoms with Crippen molar-refractivity contribution >= 4 is 33.4 Å². The van der Waals surface area contributed by atoms with Crippen molar-refractivity contribution in [1.29, 1.82) is 0 Å². The van der Waals surface area contributed by atoms with Gasteiger partial charge in [0.1, 0.15) is 12.3 Å². The van der Waals surface area contributed by atoms with Gasteiger partial charge < -0.3 is 15.2 Å². The van der Waals surface area contributed by atoms with Gasteiger partial charge in [-0.25, -0.2) is 4.98 Å². The molecule has 0 saturated carbocycles. The van der Waals surface area contributed by atoms with Crippen molar-refractivity contribution in [3.05, 3.63) is 54.1 Å². The van der Waals surface area contributed by atoms with Gasteiger partial charge in [0.25, 0.3) is 5.19 Å². The van der Waals surface area contributed by atoms with E-state index in [1.165, 1.54) is 11.3 Å². The van der Waals surface area contributed by atoms with Gasteiger partial charge in [-0.05, 0) is 42.7 Å². The molecule has 0 atom stereocenters. The summed E-state index contributed by atoms with van der Waals surface area (Å²) < 4.78 is 6.89. The third-order valence-corrected chi connectivity index (χ3v) is 4.62. The Labute approximate surface area is 154 Å². The van der Waals surface area contributed by atoms with Gasteiger partial charge >= 0.3 is 5.97 Å². The van der Waals surface area contributed by atoms with E-state index in [0.29, 0.717) is 23.8 Å². The predicted molar refractivity (Wildman–Crippen MR) is 99.7 cm³/mol. The van der Waals surface area contributed by atoms with Gasteiger partial charge in [-0.15, -0.1) is 0 Å². The molecule has 0 aliphatic rings. The number of nitrogens with one attached hydrogen (secondary N) is 1. The third kappa shape index (κ3) is 5.03. The molecule has 0 unspecified atom stereocenters. The molecule has 0 bridgehead atoms. The first-order chi connectivity index (χ1) is 12.6. The van der Waals surface area contributed by atoms with Gasteiger partial charge in [0.2, 0.25) is 5.91 Å². The van der Waals surface area contributed by atoms with Crippen molar-refractivity contribution < 1.29 is 19.4 Å². The molecule has 134 valence electrons. The largest absolute Gasteiger partial charge is 0.480 e. The van der Waals surface area contributed by atoms with E-state index in [4.69, 9.17) is 9.84 Å². The number of hydrogen-bond acceptors (Lipinski definition) is 5. The molecule has 26 heavy (non-hydrogen) atoms. The topological polar surface area (TPSA) is 88.5 Å². The average Bonchev–Trinajstić information content (AvgIpc) is 3.03. The average molecular weight is 370 g/mol. The molecule has 0 spiro atoms. The van der Waals surface area contributed by atoms with Gasteiger partial charge in [-0.3, -0.25) is 9.59 Å². The molecular formula is C19H18N2O4S. The molecular weight excluding hydrogens is 352 g/mol. The highest BCUT2D eigenvalue weighted by Crippen LogP contribution is 2.31. The minimum absolute atomic E-state index is 0.247. The first-order valence-corrected chi connectivity index (χ1v) is 9.02. The molecule has 3 rings (SSSR count). The lowest BCUT2D eigenvalue weighted by molar-refractivity contribution is -0.137. The third-order valence-electron chi connectivity index (χ3n) is 3.71. The minimum atomic E-state index is -1.04. The number of ether oxygens (including phenoxy) is 1. The van der Waals surface area contributed by atoms with Crippen LogP contribution in [-0.2, 0) is 16.0 Å². The van der Waals surface area contributed by atoms with Gasteiger partial charge in [0.15, 0.2) is 0 Å².